The summed E-state index contributed by atoms with van der Waals surface area (Å²) in [4.78, 5) is 18.9. The lowest BCUT2D eigenvalue weighted by Gasteiger charge is -2.33. The Morgan fingerprint density at radius 1 is 1.40 bits per heavy atom. The number of hydrogen-bond acceptors (Lipinski definition) is 4. The SMILES string of the molecule is O=C(O)C1c2ccsc2CCN1CCc1ccncc1. The van der Waals surface area contributed by atoms with Crippen molar-refractivity contribution in [3.8, 4) is 0 Å². The van der Waals surface area contributed by atoms with E-state index in [4.69, 9.17) is 0 Å². The highest BCUT2D eigenvalue weighted by molar-refractivity contribution is 7.10. The smallest absolute Gasteiger partial charge is 0.325 e. The van der Waals surface area contributed by atoms with Gasteiger partial charge >= 0.3 is 5.97 Å². The van der Waals surface area contributed by atoms with Crippen LogP contribution >= 0.6 is 11.3 Å². The molecule has 3 heterocycles. The van der Waals surface area contributed by atoms with Crippen LogP contribution in [0.4, 0.5) is 0 Å². The average molecular weight is 288 g/mol. The minimum absolute atomic E-state index is 0.494. The molecule has 1 N–H and O–H groups in total. The van der Waals surface area contributed by atoms with Gasteiger partial charge in [0, 0.05) is 30.4 Å². The van der Waals surface area contributed by atoms with Crippen LogP contribution in [-0.2, 0) is 17.6 Å². The van der Waals surface area contributed by atoms with Gasteiger partial charge in [-0.1, -0.05) is 0 Å². The summed E-state index contributed by atoms with van der Waals surface area (Å²) >= 11 is 1.66. The first-order valence-corrected chi connectivity index (χ1v) is 7.55. The van der Waals surface area contributed by atoms with Crippen molar-refractivity contribution in [1.82, 2.24) is 9.88 Å². The molecule has 0 amide bonds. The van der Waals surface area contributed by atoms with Crippen LogP contribution in [0.1, 0.15) is 22.0 Å². The Morgan fingerprint density at radius 2 is 2.20 bits per heavy atom. The maximum absolute atomic E-state index is 11.6. The van der Waals surface area contributed by atoms with Crippen molar-refractivity contribution in [3.63, 3.8) is 0 Å². The van der Waals surface area contributed by atoms with Crippen molar-refractivity contribution >= 4 is 17.3 Å². The second-order valence-electron chi connectivity index (χ2n) is 4.93. The summed E-state index contributed by atoms with van der Waals surface area (Å²) in [5, 5.41) is 11.5. The summed E-state index contributed by atoms with van der Waals surface area (Å²) in [6, 6.07) is 5.43. The Kier molecular flexibility index (Phi) is 3.80. The summed E-state index contributed by atoms with van der Waals surface area (Å²) in [5.74, 6) is -0.751. The number of rotatable bonds is 4. The van der Waals surface area contributed by atoms with E-state index in [0.29, 0.717) is 0 Å². The number of aliphatic carboxylic acids is 1. The molecule has 0 aliphatic carbocycles. The molecular formula is C15H16N2O2S. The van der Waals surface area contributed by atoms with Crippen LogP contribution in [0.3, 0.4) is 0 Å². The van der Waals surface area contributed by atoms with Crippen molar-refractivity contribution in [2.75, 3.05) is 13.1 Å². The third-order valence-corrected chi connectivity index (χ3v) is 4.73. The van der Waals surface area contributed by atoms with Crippen LogP contribution in [0.2, 0.25) is 0 Å². The van der Waals surface area contributed by atoms with E-state index in [9.17, 15) is 9.90 Å². The molecule has 20 heavy (non-hydrogen) atoms. The van der Waals surface area contributed by atoms with Crippen molar-refractivity contribution in [2.24, 2.45) is 0 Å². The number of thiophene rings is 1. The number of nitrogens with zero attached hydrogens (tertiary/aromatic N) is 2. The number of carboxylic acid groups (broad SMARTS) is 1. The van der Waals surface area contributed by atoms with Crippen LogP contribution in [0, 0.1) is 0 Å². The van der Waals surface area contributed by atoms with Gasteiger partial charge in [-0.05, 0) is 47.5 Å². The maximum atomic E-state index is 11.6. The fourth-order valence-corrected chi connectivity index (χ4v) is 3.62. The number of carboxylic acids is 1. The van der Waals surface area contributed by atoms with Gasteiger partial charge < -0.3 is 5.11 Å². The van der Waals surface area contributed by atoms with E-state index in [2.05, 4.69) is 9.88 Å². The van der Waals surface area contributed by atoms with Crippen LogP contribution < -0.4 is 0 Å². The molecule has 104 valence electrons. The van der Waals surface area contributed by atoms with E-state index in [-0.39, 0.29) is 0 Å². The molecular weight excluding hydrogens is 272 g/mol. The number of carbonyl (C=O) groups is 1. The molecule has 1 aliphatic heterocycles. The number of pyridine rings is 1. The highest BCUT2D eigenvalue weighted by Gasteiger charge is 2.33. The van der Waals surface area contributed by atoms with Gasteiger partial charge in [-0.2, -0.15) is 0 Å². The predicted octanol–water partition coefficient (Wildman–Crippen LogP) is 2.37. The van der Waals surface area contributed by atoms with Crippen molar-refractivity contribution in [3.05, 3.63) is 52.0 Å². The van der Waals surface area contributed by atoms with Crippen LogP contribution in [0.25, 0.3) is 0 Å². The number of fused-ring (bicyclic) bond motifs is 1. The first kappa shape index (κ1) is 13.3. The van der Waals surface area contributed by atoms with Gasteiger partial charge in [0.25, 0.3) is 0 Å². The topological polar surface area (TPSA) is 53.4 Å². The Labute approximate surface area is 121 Å². The van der Waals surface area contributed by atoms with E-state index < -0.39 is 12.0 Å². The summed E-state index contributed by atoms with van der Waals surface area (Å²) in [6.45, 7) is 1.58. The molecule has 0 spiro atoms. The molecule has 0 bridgehead atoms. The first-order chi connectivity index (χ1) is 9.75. The van der Waals surface area contributed by atoms with E-state index in [1.807, 2.05) is 23.6 Å². The number of aromatic nitrogens is 1. The Hall–Kier alpha value is -1.72. The lowest BCUT2D eigenvalue weighted by atomic mass is 9.99. The zero-order valence-electron chi connectivity index (χ0n) is 11.0. The Balaban J connectivity index is 1.75. The van der Waals surface area contributed by atoms with E-state index in [1.54, 1.807) is 23.7 Å². The zero-order valence-corrected chi connectivity index (χ0v) is 11.8. The normalized spacial score (nSPS) is 18.7. The lowest BCUT2D eigenvalue weighted by molar-refractivity contribution is -0.144. The molecule has 0 saturated carbocycles. The summed E-state index contributed by atoms with van der Waals surface area (Å²) in [6.07, 6.45) is 5.35. The van der Waals surface area contributed by atoms with Crippen LogP contribution in [0.5, 0.6) is 0 Å². The van der Waals surface area contributed by atoms with Crippen molar-refractivity contribution in [1.29, 1.82) is 0 Å². The average Bonchev–Trinajstić information content (AvgIpc) is 2.93. The summed E-state index contributed by atoms with van der Waals surface area (Å²) in [5.41, 5.74) is 2.17. The monoisotopic (exact) mass is 288 g/mol. The Bertz CT molecular complexity index is 597. The van der Waals surface area contributed by atoms with Gasteiger partial charge in [-0.15, -0.1) is 11.3 Å². The van der Waals surface area contributed by atoms with Gasteiger partial charge in [0.15, 0.2) is 0 Å². The van der Waals surface area contributed by atoms with Gasteiger partial charge in [0.2, 0.25) is 0 Å². The molecule has 0 radical (unpaired) electrons. The third kappa shape index (κ3) is 2.59. The third-order valence-electron chi connectivity index (χ3n) is 3.74. The summed E-state index contributed by atoms with van der Waals surface area (Å²) in [7, 11) is 0. The fourth-order valence-electron chi connectivity index (χ4n) is 2.72. The minimum Gasteiger partial charge on any atom is -0.480 e. The number of hydrogen-bond donors (Lipinski definition) is 1. The molecule has 1 aliphatic rings. The molecule has 5 heteroatoms. The van der Waals surface area contributed by atoms with Gasteiger partial charge in [-0.25, -0.2) is 0 Å². The standard InChI is InChI=1S/C15H16N2O2S/c18-15(19)14-12-5-10-20-13(12)4-9-17(14)8-3-11-1-6-16-7-2-11/h1-2,5-7,10,14H,3-4,8-9H2,(H,18,19). The second kappa shape index (κ2) is 5.73. The lowest BCUT2D eigenvalue weighted by Crippen LogP contribution is -2.40. The van der Waals surface area contributed by atoms with Crippen LogP contribution in [-0.4, -0.2) is 34.0 Å². The van der Waals surface area contributed by atoms with E-state index in [1.165, 1.54) is 10.4 Å². The van der Waals surface area contributed by atoms with E-state index in [0.717, 1.165) is 31.5 Å². The molecule has 3 rings (SSSR count). The highest BCUT2D eigenvalue weighted by atomic mass is 32.1. The fraction of sp³-hybridized carbons (Fsp3) is 0.333. The van der Waals surface area contributed by atoms with Gasteiger partial charge in [-0.3, -0.25) is 14.7 Å². The zero-order chi connectivity index (χ0) is 13.9. The molecule has 1 atom stereocenters. The quantitative estimate of drug-likeness (QED) is 0.938. The predicted molar refractivity (Wildman–Crippen MR) is 77.9 cm³/mol. The van der Waals surface area contributed by atoms with E-state index >= 15 is 0 Å². The largest absolute Gasteiger partial charge is 0.480 e. The molecule has 2 aromatic heterocycles. The molecule has 2 aromatic rings. The molecule has 1 unspecified atom stereocenters. The van der Waals surface area contributed by atoms with Crippen molar-refractivity contribution in [2.45, 2.75) is 18.9 Å². The highest BCUT2D eigenvalue weighted by Crippen LogP contribution is 2.33. The Morgan fingerprint density at radius 3 is 2.95 bits per heavy atom. The molecule has 0 saturated heterocycles. The minimum atomic E-state index is -0.751. The van der Waals surface area contributed by atoms with Crippen LogP contribution in [0.15, 0.2) is 36.0 Å². The molecule has 0 aromatic carbocycles. The molecule has 0 fully saturated rings. The summed E-state index contributed by atoms with van der Waals surface area (Å²) < 4.78 is 0. The second-order valence-corrected chi connectivity index (χ2v) is 5.93. The molecule has 4 nitrogen and oxygen atoms in total. The first-order valence-electron chi connectivity index (χ1n) is 6.68. The van der Waals surface area contributed by atoms with Gasteiger partial charge in [0.05, 0.1) is 0 Å². The van der Waals surface area contributed by atoms with Gasteiger partial charge in [0.1, 0.15) is 6.04 Å². The maximum Gasteiger partial charge on any atom is 0.325 e. The van der Waals surface area contributed by atoms with Crippen molar-refractivity contribution < 1.29 is 9.90 Å².